The van der Waals surface area contributed by atoms with Crippen LogP contribution in [0.1, 0.15) is 23.2 Å². The van der Waals surface area contributed by atoms with Gasteiger partial charge in [0.15, 0.2) is 0 Å². The van der Waals surface area contributed by atoms with Crippen LogP contribution in [0.2, 0.25) is 0 Å². The Hall–Kier alpha value is -2.19. The highest BCUT2D eigenvalue weighted by atomic mass is 19.1. The number of benzene rings is 1. The van der Waals surface area contributed by atoms with Crippen molar-refractivity contribution in [2.24, 2.45) is 5.92 Å². The molecule has 0 radical (unpaired) electrons. The van der Waals surface area contributed by atoms with Gasteiger partial charge in [0.1, 0.15) is 11.6 Å². The van der Waals surface area contributed by atoms with E-state index in [0.717, 1.165) is 18.9 Å². The predicted octanol–water partition coefficient (Wildman–Crippen LogP) is 1.01. The van der Waals surface area contributed by atoms with Crippen molar-refractivity contribution in [1.82, 2.24) is 9.80 Å². The Bertz CT molecular complexity index is 582. The standard InChI is InChI=1S/C16H23FN2O3.CH2O2/c1-18(2)12-4-3-11(10-20)8-19(9-12)16(22)14-6-5-13(21)7-15(14)17;2-1-3/h5-7,11-12,20-21H,3-4,8-10H2,1-2H3;1H,(H,2,3)/t11-,12+;/m0./s1. The van der Waals surface area contributed by atoms with Crippen LogP contribution in [0.4, 0.5) is 4.39 Å². The molecule has 1 fully saturated rings. The lowest BCUT2D eigenvalue weighted by molar-refractivity contribution is -0.122. The SMILES string of the molecule is CN(C)[C@@H]1CC[C@H](CO)CN(C(=O)c2ccc(O)cc2F)C1.O=CO. The van der Waals surface area contributed by atoms with Gasteiger partial charge in [-0.15, -0.1) is 0 Å². The number of rotatable bonds is 3. The number of nitrogens with zero attached hydrogens (tertiary/aromatic N) is 2. The van der Waals surface area contributed by atoms with Gasteiger partial charge in [-0.05, 0) is 45.0 Å². The van der Waals surface area contributed by atoms with E-state index in [1.807, 2.05) is 19.0 Å². The molecule has 0 saturated carbocycles. The minimum Gasteiger partial charge on any atom is -0.508 e. The monoisotopic (exact) mass is 356 g/mol. The summed E-state index contributed by atoms with van der Waals surface area (Å²) >= 11 is 0. The summed E-state index contributed by atoms with van der Waals surface area (Å²) in [6, 6.07) is 3.73. The normalized spacial score (nSPS) is 20.4. The zero-order chi connectivity index (χ0) is 19.0. The Labute approximate surface area is 146 Å². The molecule has 1 amide bonds. The maximum atomic E-state index is 13.9. The summed E-state index contributed by atoms with van der Waals surface area (Å²) in [7, 11) is 3.90. The van der Waals surface area contributed by atoms with Gasteiger partial charge in [0, 0.05) is 31.8 Å². The summed E-state index contributed by atoms with van der Waals surface area (Å²) in [4.78, 5) is 24.6. The smallest absolute Gasteiger partial charge is 0.290 e. The summed E-state index contributed by atoms with van der Waals surface area (Å²) in [6.07, 6.45) is 1.72. The van der Waals surface area contributed by atoms with Gasteiger partial charge in [-0.2, -0.15) is 0 Å². The molecule has 1 aliphatic rings. The van der Waals surface area contributed by atoms with Crippen molar-refractivity contribution in [3.05, 3.63) is 29.6 Å². The van der Waals surface area contributed by atoms with Crippen LogP contribution in [0.25, 0.3) is 0 Å². The number of hydrogen-bond donors (Lipinski definition) is 3. The van der Waals surface area contributed by atoms with E-state index in [4.69, 9.17) is 9.90 Å². The van der Waals surface area contributed by atoms with Gasteiger partial charge in [-0.25, -0.2) is 4.39 Å². The molecule has 7 nitrogen and oxygen atoms in total. The first-order valence-corrected chi connectivity index (χ1v) is 7.96. The van der Waals surface area contributed by atoms with E-state index in [1.54, 1.807) is 4.90 Å². The van der Waals surface area contributed by atoms with E-state index in [2.05, 4.69) is 0 Å². The first-order chi connectivity index (χ1) is 11.8. The Morgan fingerprint density at radius 3 is 2.52 bits per heavy atom. The van der Waals surface area contributed by atoms with Gasteiger partial charge < -0.3 is 25.1 Å². The zero-order valence-corrected chi connectivity index (χ0v) is 14.4. The molecule has 0 bridgehead atoms. The van der Waals surface area contributed by atoms with E-state index in [-0.39, 0.29) is 36.4 Å². The molecule has 0 aromatic heterocycles. The number of halogens is 1. The number of aliphatic hydroxyl groups is 1. The molecule has 2 atom stereocenters. The molecule has 1 heterocycles. The van der Waals surface area contributed by atoms with Gasteiger partial charge >= 0.3 is 0 Å². The van der Waals surface area contributed by atoms with Crippen LogP contribution < -0.4 is 0 Å². The summed E-state index contributed by atoms with van der Waals surface area (Å²) in [5.74, 6) is -1.32. The number of carbonyl (C=O) groups is 2. The van der Waals surface area contributed by atoms with Gasteiger partial charge in [0.05, 0.1) is 5.56 Å². The molecular formula is C17H25FN2O5. The molecule has 0 spiro atoms. The van der Waals surface area contributed by atoms with Gasteiger partial charge in [0.25, 0.3) is 12.4 Å². The fourth-order valence-corrected chi connectivity index (χ4v) is 2.84. The van der Waals surface area contributed by atoms with Crippen LogP contribution in [0.5, 0.6) is 5.75 Å². The molecule has 1 aromatic carbocycles. The molecule has 2 rings (SSSR count). The fraction of sp³-hybridized carbons (Fsp3) is 0.529. The number of likely N-dealkylation sites (tertiary alicyclic amines) is 1. The number of aliphatic hydroxyl groups excluding tert-OH is 1. The van der Waals surface area contributed by atoms with E-state index in [1.165, 1.54) is 12.1 Å². The van der Waals surface area contributed by atoms with Crippen LogP contribution in [-0.4, -0.2) is 77.3 Å². The van der Waals surface area contributed by atoms with Crippen molar-refractivity contribution in [1.29, 1.82) is 0 Å². The molecule has 0 unspecified atom stereocenters. The second kappa shape index (κ2) is 9.95. The lowest BCUT2D eigenvalue weighted by atomic mass is 10.0. The maximum absolute atomic E-state index is 13.9. The first kappa shape index (κ1) is 20.9. The van der Waals surface area contributed by atoms with Crippen molar-refractivity contribution in [2.45, 2.75) is 18.9 Å². The summed E-state index contributed by atoms with van der Waals surface area (Å²) in [5, 5.41) is 25.6. The topological polar surface area (TPSA) is 101 Å². The van der Waals surface area contributed by atoms with Crippen molar-refractivity contribution in [2.75, 3.05) is 33.8 Å². The lowest BCUT2D eigenvalue weighted by Crippen LogP contribution is -2.43. The number of amides is 1. The number of carbonyl (C=O) groups excluding carboxylic acids is 1. The molecule has 1 saturated heterocycles. The lowest BCUT2D eigenvalue weighted by Gasteiger charge is -2.29. The van der Waals surface area contributed by atoms with Gasteiger partial charge in [-0.3, -0.25) is 9.59 Å². The average molecular weight is 356 g/mol. The number of hydrogen-bond acceptors (Lipinski definition) is 5. The third kappa shape index (κ3) is 5.99. The van der Waals surface area contributed by atoms with Crippen LogP contribution >= 0.6 is 0 Å². The quantitative estimate of drug-likeness (QED) is 0.699. The highest BCUT2D eigenvalue weighted by Gasteiger charge is 2.29. The molecule has 3 N–H and O–H groups in total. The molecule has 0 aliphatic carbocycles. The fourth-order valence-electron chi connectivity index (χ4n) is 2.84. The molecule has 25 heavy (non-hydrogen) atoms. The van der Waals surface area contributed by atoms with Crippen LogP contribution in [-0.2, 0) is 4.79 Å². The van der Waals surface area contributed by atoms with E-state index < -0.39 is 11.7 Å². The van der Waals surface area contributed by atoms with Crippen LogP contribution in [0.3, 0.4) is 0 Å². The summed E-state index contributed by atoms with van der Waals surface area (Å²) in [6.45, 7) is 0.685. The predicted molar refractivity (Wildman–Crippen MR) is 89.9 cm³/mol. The molecular weight excluding hydrogens is 331 g/mol. The number of phenolic OH excluding ortho intramolecular Hbond substituents is 1. The summed E-state index contributed by atoms with van der Waals surface area (Å²) in [5.41, 5.74) is -0.0473. The minimum atomic E-state index is -0.726. The Morgan fingerprint density at radius 2 is 2.00 bits per heavy atom. The highest BCUT2D eigenvalue weighted by Crippen LogP contribution is 2.22. The molecule has 1 aromatic rings. The molecule has 1 aliphatic heterocycles. The van der Waals surface area contributed by atoms with Crippen molar-refractivity contribution in [3.8, 4) is 5.75 Å². The third-order valence-corrected chi connectivity index (χ3v) is 4.28. The van der Waals surface area contributed by atoms with Crippen molar-refractivity contribution >= 4 is 12.4 Å². The Morgan fingerprint density at radius 1 is 1.36 bits per heavy atom. The zero-order valence-electron chi connectivity index (χ0n) is 14.4. The minimum absolute atomic E-state index is 0.00840. The summed E-state index contributed by atoms with van der Waals surface area (Å²) < 4.78 is 13.9. The second-order valence-corrected chi connectivity index (χ2v) is 6.22. The maximum Gasteiger partial charge on any atom is 0.290 e. The van der Waals surface area contributed by atoms with E-state index in [9.17, 15) is 19.4 Å². The second-order valence-electron chi connectivity index (χ2n) is 6.22. The van der Waals surface area contributed by atoms with Gasteiger partial charge in [0.2, 0.25) is 0 Å². The molecule has 140 valence electrons. The van der Waals surface area contributed by atoms with Crippen LogP contribution in [0.15, 0.2) is 18.2 Å². The van der Waals surface area contributed by atoms with Crippen molar-refractivity contribution < 1.29 is 29.3 Å². The van der Waals surface area contributed by atoms with Crippen LogP contribution in [0, 0.1) is 11.7 Å². The van der Waals surface area contributed by atoms with E-state index >= 15 is 0 Å². The number of aromatic hydroxyl groups is 1. The Kier molecular flexibility index (Phi) is 8.30. The molecule has 8 heteroatoms. The first-order valence-electron chi connectivity index (χ1n) is 7.96. The third-order valence-electron chi connectivity index (χ3n) is 4.28. The van der Waals surface area contributed by atoms with E-state index in [0.29, 0.717) is 13.1 Å². The Balaban J connectivity index is 0.000000970. The number of likely N-dealkylation sites (N-methyl/N-ethyl adjacent to an activating group) is 1. The average Bonchev–Trinajstić information content (AvgIpc) is 2.78. The number of phenols is 1. The van der Waals surface area contributed by atoms with Gasteiger partial charge in [-0.1, -0.05) is 0 Å². The van der Waals surface area contributed by atoms with Crippen molar-refractivity contribution in [3.63, 3.8) is 0 Å². The largest absolute Gasteiger partial charge is 0.508 e. The number of carboxylic acid groups (broad SMARTS) is 1. The highest BCUT2D eigenvalue weighted by molar-refractivity contribution is 5.94.